The molecule has 2 saturated heterocycles. The Balaban J connectivity index is 1.42. The summed E-state index contributed by atoms with van der Waals surface area (Å²) in [6, 6.07) is 0. The molecule has 1 N–H and O–H groups in total. The van der Waals surface area contributed by atoms with Crippen molar-refractivity contribution in [3.05, 3.63) is 53.9 Å². The van der Waals surface area contributed by atoms with Gasteiger partial charge in [-0.25, -0.2) is 0 Å². The first-order chi connectivity index (χ1) is 19.0. The van der Waals surface area contributed by atoms with Crippen molar-refractivity contribution < 1.29 is 19.0 Å². The SMILES string of the molecule is CC=C1CC2CC(=O)OC(/C=C/C=C\CCCc3nn[nH]n3)C(C)C=CC(C)CC3CCCC(CC(C1)O2)O3. The summed E-state index contributed by atoms with van der Waals surface area (Å²) in [5.74, 6) is 0.979. The number of nitrogens with one attached hydrogen (secondary N) is 1. The first-order valence-corrected chi connectivity index (χ1v) is 14.9. The van der Waals surface area contributed by atoms with E-state index < -0.39 is 0 Å². The van der Waals surface area contributed by atoms with Crippen LogP contribution in [0.15, 0.2) is 48.1 Å². The number of hydrogen-bond acceptors (Lipinski definition) is 7. The van der Waals surface area contributed by atoms with Crippen LogP contribution in [0.3, 0.4) is 0 Å². The molecule has 8 heteroatoms. The first kappa shape index (κ1) is 29.4. The summed E-state index contributed by atoms with van der Waals surface area (Å²) in [7, 11) is 0. The molecule has 4 bridgehead atoms. The van der Waals surface area contributed by atoms with E-state index in [1.165, 1.54) is 12.0 Å². The molecular weight excluding hydrogens is 492 g/mol. The standard InChI is InChI=1S/C31H46N4O4/c1-4-24-18-27-20-26-12-10-11-25(37-26)17-22(2)15-16-23(3)29(39-31(36)21-28(19-24)38-27)13-8-6-5-7-9-14-30-32-34-35-33-30/h4-6,8,13,15-16,22-23,25-29H,7,9-12,14,17-21H2,1-3H3,(H,32,33,34,35)/b6-5-,13-8+,16-15?,24-4?. The smallest absolute Gasteiger partial charge is 0.309 e. The summed E-state index contributed by atoms with van der Waals surface area (Å²) in [6.07, 6.45) is 24.9. The van der Waals surface area contributed by atoms with Gasteiger partial charge in [-0.05, 0) is 70.3 Å². The van der Waals surface area contributed by atoms with Gasteiger partial charge in [0, 0.05) is 18.8 Å². The Labute approximate surface area is 233 Å². The molecule has 2 fully saturated rings. The third-order valence-corrected chi connectivity index (χ3v) is 8.00. The molecule has 8 nitrogen and oxygen atoms in total. The monoisotopic (exact) mass is 538 g/mol. The topological polar surface area (TPSA) is 99.2 Å². The number of aromatic amines is 1. The van der Waals surface area contributed by atoms with E-state index in [2.05, 4.69) is 65.7 Å². The minimum absolute atomic E-state index is 0.0540. The molecule has 0 aromatic carbocycles. The van der Waals surface area contributed by atoms with Gasteiger partial charge in [-0.3, -0.25) is 4.79 Å². The number of rotatable bonds is 6. The highest BCUT2D eigenvalue weighted by molar-refractivity contribution is 5.70. The number of carbonyl (C=O) groups is 1. The summed E-state index contributed by atoms with van der Waals surface area (Å²) < 4.78 is 19.0. The number of tetrazole rings is 1. The second-order valence-corrected chi connectivity index (χ2v) is 11.4. The molecule has 4 heterocycles. The van der Waals surface area contributed by atoms with Gasteiger partial charge in [0.1, 0.15) is 6.10 Å². The molecule has 0 saturated carbocycles. The number of allylic oxidation sites excluding steroid dienone is 5. The van der Waals surface area contributed by atoms with Gasteiger partial charge in [0.25, 0.3) is 0 Å². The fourth-order valence-electron chi connectivity index (χ4n) is 5.84. The van der Waals surface area contributed by atoms with Crippen LogP contribution in [0.4, 0.5) is 0 Å². The summed E-state index contributed by atoms with van der Waals surface area (Å²) in [5.41, 5.74) is 1.36. The van der Waals surface area contributed by atoms with Gasteiger partial charge in [-0.15, -0.1) is 10.2 Å². The number of carbonyl (C=O) groups excluding carboxylic acids is 1. The van der Waals surface area contributed by atoms with Crippen molar-refractivity contribution in [2.45, 2.75) is 122 Å². The first-order valence-electron chi connectivity index (χ1n) is 14.9. The molecule has 3 aliphatic rings. The van der Waals surface area contributed by atoms with Gasteiger partial charge in [0.15, 0.2) is 5.82 Å². The summed E-state index contributed by atoms with van der Waals surface area (Å²) in [6.45, 7) is 6.45. The average molecular weight is 539 g/mol. The Bertz CT molecular complexity index is 1000. The summed E-state index contributed by atoms with van der Waals surface area (Å²) in [4.78, 5) is 13.1. The highest BCUT2D eigenvalue weighted by Crippen LogP contribution is 2.33. The maximum absolute atomic E-state index is 13.1. The molecule has 39 heavy (non-hydrogen) atoms. The maximum Gasteiger partial charge on any atom is 0.309 e. The number of H-pyrrole nitrogens is 1. The number of fused-ring (bicyclic) bond motifs is 4. The number of aromatic nitrogens is 4. The van der Waals surface area contributed by atoms with E-state index in [1.807, 2.05) is 18.2 Å². The van der Waals surface area contributed by atoms with Crippen LogP contribution in [0, 0.1) is 11.8 Å². The Morgan fingerprint density at radius 1 is 1.00 bits per heavy atom. The average Bonchev–Trinajstić information content (AvgIpc) is 3.43. The Hall–Kier alpha value is -2.58. The van der Waals surface area contributed by atoms with Crippen molar-refractivity contribution in [1.29, 1.82) is 0 Å². The summed E-state index contributed by atoms with van der Waals surface area (Å²) >= 11 is 0. The molecule has 0 aliphatic carbocycles. The molecule has 3 aliphatic heterocycles. The number of aryl methyl sites for hydroxylation is 1. The lowest BCUT2D eigenvalue weighted by atomic mass is 9.90. The van der Waals surface area contributed by atoms with Crippen LogP contribution in [0.5, 0.6) is 0 Å². The van der Waals surface area contributed by atoms with Gasteiger partial charge >= 0.3 is 5.97 Å². The van der Waals surface area contributed by atoms with Crippen LogP contribution >= 0.6 is 0 Å². The number of esters is 1. The largest absolute Gasteiger partial charge is 0.457 e. The summed E-state index contributed by atoms with van der Waals surface area (Å²) in [5, 5.41) is 14.0. The minimum atomic E-state index is -0.339. The Kier molecular flexibility index (Phi) is 11.5. The molecule has 1 aromatic rings. The van der Waals surface area contributed by atoms with E-state index in [0.29, 0.717) is 12.0 Å². The van der Waals surface area contributed by atoms with Gasteiger partial charge in [-0.2, -0.15) is 5.21 Å². The van der Waals surface area contributed by atoms with Crippen LogP contribution < -0.4 is 0 Å². The Morgan fingerprint density at radius 3 is 2.59 bits per heavy atom. The molecule has 1 aromatic heterocycles. The van der Waals surface area contributed by atoms with Gasteiger partial charge in [-0.1, -0.05) is 61.1 Å². The van der Waals surface area contributed by atoms with E-state index in [4.69, 9.17) is 14.2 Å². The molecule has 0 amide bonds. The number of nitrogens with zero attached hydrogens (tertiary/aromatic N) is 3. The van der Waals surface area contributed by atoms with Crippen molar-refractivity contribution in [3.63, 3.8) is 0 Å². The zero-order valence-electron chi connectivity index (χ0n) is 23.8. The molecule has 7 unspecified atom stereocenters. The maximum atomic E-state index is 13.1. The highest BCUT2D eigenvalue weighted by atomic mass is 16.5. The van der Waals surface area contributed by atoms with Crippen molar-refractivity contribution in [2.75, 3.05) is 0 Å². The molecule has 0 radical (unpaired) electrons. The van der Waals surface area contributed by atoms with Gasteiger partial charge in [0.05, 0.1) is 30.8 Å². The van der Waals surface area contributed by atoms with Crippen molar-refractivity contribution in [2.24, 2.45) is 11.8 Å². The van der Waals surface area contributed by atoms with Crippen molar-refractivity contribution >= 4 is 5.97 Å². The van der Waals surface area contributed by atoms with Gasteiger partial charge < -0.3 is 14.2 Å². The number of unbranched alkanes of at least 4 members (excludes halogenated alkanes) is 1. The molecule has 7 atom stereocenters. The van der Waals surface area contributed by atoms with Crippen LogP contribution in [-0.2, 0) is 25.4 Å². The molecule has 4 rings (SSSR count). The van der Waals surface area contributed by atoms with Crippen molar-refractivity contribution in [1.82, 2.24) is 20.6 Å². The highest BCUT2D eigenvalue weighted by Gasteiger charge is 2.32. The second kappa shape index (κ2) is 15.3. The molecule has 0 spiro atoms. The number of hydrogen-bond donors (Lipinski definition) is 1. The third-order valence-electron chi connectivity index (χ3n) is 8.00. The van der Waals surface area contributed by atoms with Crippen LogP contribution in [0.1, 0.15) is 90.8 Å². The predicted octanol–water partition coefficient (Wildman–Crippen LogP) is 5.99. The van der Waals surface area contributed by atoms with E-state index in [1.54, 1.807) is 0 Å². The number of cyclic esters (lactones) is 1. The zero-order chi connectivity index (χ0) is 27.5. The lowest BCUT2D eigenvalue weighted by Crippen LogP contribution is -2.37. The Morgan fingerprint density at radius 2 is 1.79 bits per heavy atom. The quantitative estimate of drug-likeness (QED) is 0.205. The van der Waals surface area contributed by atoms with Crippen LogP contribution in [0.2, 0.25) is 0 Å². The fourth-order valence-corrected chi connectivity index (χ4v) is 5.84. The molecular formula is C31H46N4O4. The van der Waals surface area contributed by atoms with Crippen molar-refractivity contribution in [3.8, 4) is 0 Å². The van der Waals surface area contributed by atoms with E-state index in [9.17, 15) is 4.79 Å². The number of ether oxygens (including phenoxy) is 3. The van der Waals surface area contributed by atoms with Crippen LogP contribution in [0.25, 0.3) is 0 Å². The third kappa shape index (κ3) is 9.84. The van der Waals surface area contributed by atoms with E-state index in [-0.39, 0.29) is 42.7 Å². The fraction of sp³-hybridized carbons (Fsp3) is 0.677. The minimum Gasteiger partial charge on any atom is -0.457 e. The van der Waals surface area contributed by atoms with Gasteiger partial charge in [0.2, 0.25) is 0 Å². The predicted molar refractivity (Wildman–Crippen MR) is 151 cm³/mol. The molecule has 214 valence electrons. The zero-order valence-corrected chi connectivity index (χ0v) is 23.8. The lowest BCUT2D eigenvalue weighted by molar-refractivity contribution is -0.154. The normalized spacial score (nSPS) is 34.1. The second-order valence-electron chi connectivity index (χ2n) is 11.4. The van der Waals surface area contributed by atoms with E-state index in [0.717, 1.165) is 63.6 Å². The van der Waals surface area contributed by atoms with Crippen LogP contribution in [-0.4, -0.2) is 57.1 Å². The van der Waals surface area contributed by atoms with E-state index >= 15 is 0 Å². The lowest BCUT2D eigenvalue weighted by Gasteiger charge is -2.37.